The molecule has 3 fully saturated rings. The lowest BCUT2D eigenvalue weighted by atomic mass is 10.1. The Labute approximate surface area is 656 Å². The Hall–Kier alpha value is -7.82. The Morgan fingerprint density at radius 2 is 0.743 bits per heavy atom. The molecule has 1 heterocycles. The van der Waals surface area contributed by atoms with Crippen LogP contribution in [0.25, 0.3) is 10.1 Å². The van der Waals surface area contributed by atoms with Gasteiger partial charge >= 0.3 is 11.9 Å². The smallest absolute Gasteiger partial charge is 0.341 e. The SMILES string of the molecule is Fc1cc(F)cc(Br)c1.N#Cc1c(F)cc(Br)cc1F.N#Cc1c(F)cc(Br)cc1OCC1CCCC1.N#Cc1c(OCC2CCCC2)cc(Br)c(C(N)=O)c1F.NC(=O)c1c(F)cc(Br)cc1F.NC(=O)c1sc2c(C(=O)O)c(Br)cc(OCC3CCCC3)c2c1N.O=C(O)c1c(F)cc(Br)cc1F. The van der Waals surface area contributed by atoms with E-state index in [0.29, 0.717) is 72.6 Å². The molecule has 556 valence electrons. The van der Waals surface area contributed by atoms with E-state index in [0.717, 1.165) is 79.5 Å². The molecule has 17 nitrogen and oxygen atoms in total. The molecule has 0 radical (unpaired) electrons. The standard InChI is InChI=1S/C16H17BrN2O4S.C14H14BrFN2O2.C13H13BrFNO.C7H4BrF2NO.C7H2BrF2N.C7H3BrF2O2.C6H3BrF2/c17-8-5-9(23-6-7-3-1-2-4-7)11-12(18)14(15(19)20)24-13(11)10(8)16(21)22;15-10-5-11(20-7-8-3-1-2-4-8)9(6-17)13(16)12(10)14(18)19;14-10-5-12(15)11(7-16)13(6-10)17-8-9-3-1-2-4-9;8-3-1-4(9)6(7(11)12)5(10)2-3;8-4-1-6(9)5(3-11)7(10)2-4;8-3-1-4(9)6(7(11)12)5(10)2-3;7-4-1-5(8)3-6(9)2-4/h5,7H,1-4,6,18H2,(H2,19,20)(H,21,22);5,8H,1-4,7H2,(H2,18,19);5-6,9H,1-4,8H2;1-2H,(H2,11,12);1-2H;1-2H,(H,11,12);1-3H. The molecule has 3 saturated carbocycles. The first-order valence-corrected chi connectivity index (χ1v) is 36.9. The molecule has 1 aromatic heterocycles. The maximum Gasteiger partial charge on any atom is 0.341 e. The average Bonchev–Trinajstić information content (AvgIpc) is 1.61. The zero-order chi connectivity index (χ0) is 78.3. The van der Waals surface area contributed by atoms with Crippen LogP contribution in [0.2, 0.25) is 0 Å². The van der Waals surface area contributed by atoms with Crippen molar-refractivity contribution in [3.8, 4) is 35.5 Å². The zero-order valence-electron chi connectivity index (χ0n) is 54.0. The third kappa shape index (κ3) is 25.7. The van der Waals surface area contributed by atoms with Crippen LogP contribution in [0.4, 0.5) is 49.6 Å². The first-order valence-electron chi connectivity index (χ1n) is 30.6. The maximum absolute atomic E-state index is 14.1. The number of carboxylic acid groups (broad SMARTS) is 2. The zero-order valence-corrected chi connectivity index (χ0v) is 65.9. The van der Waals surface area contributed by atoms with Crippen LogP contribution in [-0.2, 0) is 0 Å². The molecule has 3 aliphatic carbocycles. The van der Waals surface area contributed by atoms with Gasteiger partial charge in [-0.05, 0) is 161 Å². The molecular formula is C70H56Br7F10N7O10S. The molecule has 0 saturated heterocycles. The fraction of sp³-hybridized carbons (Fsp3) is 0.257. The molecule has 0 bridgehead atoms. The van der Waals surface area contributed by atoms with Gasteiger partial charge in [0.15, 0.2) is 5.82 Å². The number of primary amides is 3. The summed E-state index contributed by atoms with van der Waals surface area (Å²) < 4.78 is 148. The second kappa shape index (κ2) is 41.9. The number of aromatic carboxylic acids is 2. The minimum Gasteiger partial charge on any atom is -0.493 e. The van der Waals surface area contributed by atoms with Crippen molar-refractivity contribution in [2.24, 2.45) is 35.0 Å². The largest absolute Gasteiger partial charge is 0.493 e. The molecule has 0 unspecified atom stereocenters. The number of carbonyl (C=O) groups excluding carboxylic acids is 3. The Balaban J connectivity index is 0.000000226. The quantitative estimate of drug-likeness (QED) is 0.0552. The first-order chi connectivity index (χ1) is 49.5. The summed E-state index contributed by atoms with van der Waals surface area (Å²) in [6.45, 7) is 1.58. The molecule has 7 aromatic carbocycles. The lowest BCUT2D eigenvalue weighted by Gasteiger charge is -2.14. The van der Waals surface area contributed by atoms with E-state index in [4.69, 9.17) is 58.0 Å². The summed E-state index contributed by atoms with van der Waals surface area (Å²) in [5.41, 5.74) is 18.7. The van der Waals surface area contributed by atoms with Crippen molar-refractivity contribution >= 4 is 168 Å². The average molecular weight is 1940 g/mol. The summed E-state index contributed by atoms with van der Waals surface area (Å²) >= 11 is 22.1. The summed E-state index contributed by atoms with van der Waals surface area (Å²) in [5, 5.41) is 44.5. The van der Waals surface area contributed by atoms with Gasteiger partial charge in [-0.3, -0.25) is 14.4 Å². The summed E-state index contributed by atoms with van der Waals surface area (Å²) in [4.78, 5) is 55.3. The van der Waals surface area contributed by atoms with Gasteiger partial charge in [0.1, 0.15) is 121 Å². The third-order valence-corrected chi connectivity index (χ3v) is 20.1. The molecule has 10 N–H and O–H groups in total. The summed E-state index contributed by atoms with van der Waals surface area (Å²) in [6, 6.07) is 20.0. The van der Waals surface area contributed by atoms with E-state index in [1.54, 1.807) is 18.2 Å². The number of anilines is 1. The maximum atomic E-state index is 14.1. The molecule has 11 rings (SSSR count). The second-order valence-corrected chi connectivity index (χ2v) is 30.0. The predicted molar refractivity (Wildman–Crippen MR) is 394 cm³/mol. The van der Waals surface area contributed by atoms with E-state index in [9.17, 15) is 73.0 Å². The Morgan fingerprint density at radius 3 is 1.10 bits per heavy atom. The highest BCUT2D eigenvalue weighted by Crippen LogP contribution is 2.45. The van der Waals surface area contributed by atoms with Gasteiger partial charge in [-0.2, -0.15) is 15.8 Å². The lowest BCUT2D eigenvalue weighted by molar-refractivity contribution is 0.0679. The number of rotatable bonds is 14. The topological polar surface area (TPSA) is 329 Å². The Morgan fingerprint density at radius 1 is 0.419 bits per heavy atom. The molecule has 105 heavy (non-hydrogen) atoms. The van der Waals surface area contributed by atoms with Crippen molar-refractivity contribution < 1.29 is 92.3 Å². The van der Waals surface area contributed by atoms with Gasteiger partial charge in [0, 0.05) is 37.4 Å². The number of benzene rings is 7. The van der Waals surface area contributed by atoms with Crippen LogP contribution in [0.1, 0.15) is 145 Å². The molecule has 3 amide bonds. The highest BCUT2D eigenvalue weighted by Gasteiger charge is 2.28. The van der Waals surface area contributed by atoms with Crippen molar-refractivity contribution in [3.63, 3.8) is 0 Å². The number of amides is 3. The number of ether oxygens (including phenoxy) is 3. The van der Waals surface area contributed by atoms with Crippen LogP contribution < -0.4 is 37.1 Å². The number of nitrogen functional groups attached to an aromatic ring is 1. The van der Waals surface area contributed by atoms with E-state index in [1.807, 2.05) is 6.07 Å². The number of nitrogens with zero attached hydrogens (tertiary/aromatic N) is 3. The van der Waals surface area contributed by atoms with Crippen molar-refractivity contribution in [1.29, 1.82) is 15.8 Å². The van der Waals surface area contributed by atoms with E-state index in [1.165, 1.54) is 81.7 Å². The molecular weight excluding hydrogens is 1880 g/mol. The second-order valence-electron chi connectivity index (χ2n) is 22.7. The highest BCUT2D eigenvalue weighted by molar-refractivity contribution is 9.11. The van der Waals surface area contributed by atoms with Crippen LogP contribution in [-0.4, -0.2) is 59.7 Å². The minimum atomic E-state index is -1.61. The van der Waals surface area contributed by atoms with Gasteiger partial charge in [-0.1, -0.05) is 118 Å². The van der Waals surface area contributed by atoms with Crippen LogP contribution in [0.3, 0.4) is 0 Å². The molecule has 0 aliphatic heterocycles. The Kier molecular flexibility index (Phi) is 35.1. The molecule has 35 heteroatoms. The van der Waals surface area contributed by atoms with Crippen LogP contribution in [0.5, 0.6) is 17.2 Å². The lowest BCUT2D eigenvalue weighted by Crippen LogP contribution is -2.16. The van der Waals surface area contributed by atoms with Gasteiger partial charge in [-0.25, -0.2) is 53.5 Å². The van der Waals surface area contributed by atoms with Crippen LogP contribution >= 0.6 is 123 Å². The van der Waals surface area contributed by atoms with Crippen molar-refractivity contribution in [3.05, 3.63) is 212 Å². The summed E-state index contributed by atoms with van der Waals surface area (Å²) in [7, 11) is 0. The van der Waals surface area contributed by atoms with Crippen molar-refractivity contribution in [1.82, 2.24) is 0 Å². The van der Waals surface area contributed by atoms with Crippen molar-refractivity contribution in [2.45, 2.75) is 77.0 Å². The number of nitriles is 3. The number of thiophene rings is 1. The minimum absolute atomic E-state index is 0.00815. The molecule has 0 atom stereocenters. The van der Waals surface area contributed by atoms with Crippen LogP contribution in [0, 0.1) is 110 Å². The Bertz CT molecular complexity index is 4500. The number of hydrogen-bond acceptors (Lipinski definition) is 13. The number of halogens is 17. The molecule has 8 aromatic rings. The summed E-state index contributed by atoms with van der Waals surface area (Å²) in [5.74, 6) is -11.4. The van der Waals surface area contributed by atoms with Gasteiger partial charge in [0.2, 0.25) is 0 Å². The van der Waals surface area contributed by atoms with Gasteiger partial charge in [-0.15, -0.1) is 11.3 Å². The van der Waals surface area contributed by atoms with Gasteiger partial charge < -0.3 is 47.4 Å². The monoisotopic (exact) mass is 1930 g/mol. The predicted octanol–water partition coefficient (Wildman–Crippen LogP) is 20.3. The number of carbonyl (C=O) groups is 5. The van der Waals surface area contributed by atoms with E-state index in [-0.39, 0.29) is 56.5 Å². The molecule has 3 aliphatic rings. The molecule has 0 spiro atoms. The highest BCUT2D eigenvalue weighted by atomic mass is 79.9. The first kappa shape index (κ1) is 87.8. The number of nitrogens with two attached hydrogens (primary N) is 4. The normalized spacial score (nSPS) is 12.9. The van der Waals surface area contributed by atoms with E-state index < -0.39 is 105 Å². The van der Waals surface area contributed by atoms with Gasteiger partial charge in [0.05, 0.1) is 46.7 Å². The summed E-state index contributed by atoms with van der Waals surface area (Å²) in [6.07, 6.45) is 14.0. The fourth-order valence-corrected chi connectivity index (χ4v) is 14.9. The van der Waals surface area contributed by atoms with E-state index in [2.05, 4.69) is 112 Å². The number of fused-ring (bicyclic) bond motifs is 1. The van der Waals surface area contributed by atoms with Crippen LogP contribution in [0.15, 0.2) is 110 Å². The third-order valence-electron chi connectivity index (χ3n) is 15.3. The van der Waals surface area contributed by atoms with Gasteiger partial charge in [0.25, 0.3) is 17.7 Å². The van der Waals surface area contributed by atoms with Crippen molar-refractivity contribution in [2.75, 3.05) is 25.6 Å². The fourth-order valence-electron chi connectivity index (χ4n) is 10.4. The number of carboxylic acids is 2. The number of hydrogen-bond donors (Lipinski definition) is 6. The van der Waals surface area contributed by atoms with E-state index >= 15 is 0 Å².